The van der Waals surface area contributed by atoms with Gasteiger partial charge in [-0.05, 0) is 12.0 Å². The van der Waals surface area contributed by atoms with E-state index in [0.29, 0.717) is 0 Å². The van der Waals surface area contributed by atoms with E-state index in [4.69, 9.17) is 0 Å². The number of hydrogen-bond acceptors (Lipinski definition) is 2. The molecule has 2 heterocycles. The van der Waals surface area contributed by atoms with Gasteiger partial charge in [0.2, 0.25) is 0 Å². The van der Waals surface area contributed by atoms with Gasteiger partial charge >= 0.3 is 6.09 Å². The number of benzene rings is 1. The minimum absolute atomic E-state index is 0.0278. The molecular formula is C15H18N2O2. The lowest BCUT2D eigenvalue weighted by molar-refractivity contribution is 0.0630. The molecular weight excluding hydrogens is 240 g/mol. The predicted molar refractivity (Wildman–Crippen MR) is 72.9 cm³/mol. The lowest BCUT2D eigenvalue weighted by atomic mass is 10.1. The largest absolute Gasteiger partial charge is 0.465 e. The number of fused-ring (bicyclic) bond motifs is 2. The molecule has 4 nitrogen and oxygen atoms in total. The van der Waals surface area contributed by atoms with E-state index in [0.717, 1.165) is 31.6 Å². The molecule has 0 saturated carbocycles. The molecule has 2 aliphatic rings. The summed E-state index contributed by atoms with van der Waals surface area (Å²) in [6.45, 7) is 6.49. The second-order valence-electron chi connectivity index (χ2n) is 5.40. The third kappa shape index (κ3) is 2.24. The Labute approximate surface area is 112 Å². The molecule has 2 bridgehead atoms. The second-order valence-corrected chi connectivity index (χ2v) is 5.40. The number of amides is 1. The van der Waals surface area contributed by atoms with Gasteiger partial charge in [0.1, 0.15) is 0 Å². The highest BCUT2D eigenvalue weighted by atomic mass is 16.4. The van der Waals surface area contributed by atoms with Crippen molar-refractivity contribution in [3.8, 4) is 0 Å². The lowest BCUT2D eigenvalue weighted by Crippen LogP contribution is -2.55. The van der Waals surface area contributed by atoms with E-state index in [-0.39, 0.29) is 12.1 Å². The Morgan fingerprint density at radius 1 is 1.32 bits per heavy atom. The molecule has 1 amide bonds. The number of likely N-dealkylation sites (tertiary alicyclic amines) is 1. The normalized spacial score (nSPS) is 26.7. The number of piperazine rings is 1. The van der Waals surface area contributed by atoms with Crippen molar-refractivity contribution in [2.24, 2.45) is 0 Å². The summed E-state index contributed by atoms with van der Waals surface area (Å²) in [5.41, 5.74) is 2.33. The molecule has 0 unspecified atom stereocenters. The highest BCUT2D eigenvalue weighted by molar-refractivity contribution is 5.68. The summed E-state index contributed by atoms with van der Waals surface area (Å²) in [6, 6.07) is 10.4. The van der Waals surface area contributed by atoms with E-state index in [2.05, 4.69) is 23.6 Å². The molecule has 1 aromatic rings. The topological polar surface area (TPSA) is 43.8 Å². The maximum atomic E-state index is 11.3. The van der Waals surface area contributed by atoms with E-state index >= 15 is 0 Å². The van der Waals surface area contributed by atoms with Gasteiger partial charge in [0, 0.05) is 19.6 Å². The van der Waals surface area contributed by atoms with Crippen molar-refractivity contribution < 1.29 is 9.90 Å². The maximum absolute atomic E-state index is 11.3. The van der Waals surface area contributed by atoms with Crippen LogP contribution in [0, 0.1) is 0 Å². The molecule has 0 aliphatic carbocycles. The fraction of sp³-hybridized carbons (Fsp3) is 0.400. The number of nitrogens with zero attached hydrogens (tertiary/aromatic N) is 2. The molecule has 2 atom stereocenters. The molecule has 0 aromatic heterocycles. The minimum Gasteiger partial charge on any atom is -0.465 e. The Kier molecular flexibility index (Phi) is 3.03. The Balaban J connectivity index is 1.73. The van der Waals surface area contributed by atoms with Gasteiger partial charge in [0.25, 0.3) is 0 Å². The molecule has 100 valence electrons. The van der Waals surface area contributed by atoms with Crippen molar-refractivity contribution in [3.63, 3.8) is 0 Å². The number of carbonyl (C=O) groups is 1. The van der Waals surface area contributed by atoms with Crippen LogP contribution in [0.15, 0.2) is 42.5 Å². The molecule has 1 aromatic carbocycles. The fourth-order valence-corrected chi connectivity index (χ4v) is 3.24. The van der Waals surface area contributed by atoms with E-state index < -0.39 is 6.09 Å². The summed E-state index contributed by atoms with van der Waals surface area (Å²) >= 11 is 0. The van der Waals surface area contributed by atoms with E-state index in [1.54, 1.807) is 4.90 Å². The van der Waals surface area contributed by atoms with Crippen molar-refractivity contribution in [3.05, 3.63) is 48.0 Å². The summed E-state index contributed by atoms with van der Waals surface area (Å²) in [5, 5.41) is 9.28. The molecule has 0 radical (unpaired) electrons. The van der Waals surface area contributed by atoms with E-state index in [9.17, 15) is 9.90 Å². The van der Waals surface area contributed by atoms with Crippen molar-refractivity contribution in [1.29, 1.82) is 0 Å². The zero-order valence-corrected chi connectivity index (χ0v) is 10.8. The van der Waals surface area contributed by atoms with Gasteiger partial charge in [-0.3, -0.25) is 9.80 Å². The first kappa shape index (κ1) is 12.2. The first-order valence-corrected chi connectivity index (χ1v) is 6.60. The van der Waals surface area contributed by atoms with Crippen LogP contribution in [0.3, 0.4) is 0 Å². The van der Waals surface area contributed by atoms with Crippen molar-refractivity contribution in [1.82, 2.24) is 9.80 Å². The quantitative estimate of drug-likeness (QED) is 0.827. The molecule has 1 N–H and O–H groups in total. The zero-order valence-electron chi connectivity index (χ0n) is 10.8. The summed E-state index contributed by atoms with van der Waals surface area (Å²) in [4.78, 5) is 15.2. The predicted octanol–water partition coefficient (Wildman–Crippen LogP) is 2.18. The number of rotatable bonds is 2. The Bertz CT molecular complexity index is 500. The maximum Gasteiger partial charge on any atom is 0.408 e. The van der Waals surface area contributed by atoms with Crippen LogP contribution in [-0.2, 0) is 6.54 Å². The van der Waals surface area contributed by atoms with Crippen molar-refractivity contribution in [2.45, 2.75) is 25.0 Å². The SMILES string of the molecule is C=C1C[C@@H]2CN(Cc3ccccc3)C[C@H]1N2C(=O)O. The third-order valence-electron chi connectivity index (χ3n) is 4.07. The van der Waals surface area contributed by atoms with Crippen LogP contribution < -0.4 is 0 Å². The standard InChI is InChI=1S/C15H18N2O2/c1-11-7-13-9-16(8-12-5-3-2-4-6-12)10-14(11)17(13)15(18)19/h2-6,13-14H,1,7-10H2,(H,18,19)/t13-,14-/m1/s1. The van der Waals surface area contributed by atoms with Gasteiger partial charge in [0.05, 0.1) is 12.1 Å². The first-order chi connectivity index (χ1) is 9.15. The molecule has 0 spiro atoms. The molecule has 2 saturated heterocycles. The molecule has 3 rings (SSSR count). The van der Waals surface area contributed by atoms with Crippen LogP contribution in [0.5, 0.6) is 0 Å². The second kappa shape index (κ2) is 4.70. The Morgan fingerprint density at radius 3 is 2.68 bits per heavy atom. The van der Waals surface area contributed by atoms with Crippen molar-refractivity contribution >= 4 is 6.09 Å². The summed E-state index contributed by atoms with van der Waals surface area (Å²) in [6.07, 6.45) is -0.00423. The average Bonchev–Trinajstić information content (AvgIpc) is 2.59. The smallest absolute Gasteiger partial charge is 0.408 e. The monoisotopic (exact) mass is 258 g/mol. The highest BCUT2D eigenvalue weighted by Crippen LogP contribution is 2.33. The summed E-state index contributed by atoms with van der Waals surface area (Å²) < 4.78 is 0. The van der Waals surface area contributed by atoms with Crippen LogP contribution in [0.25, 0.3) is 0 Å². The average molecular weight is 258 g/mol. The van der Waals surface area contributed by atoms with Crippen LogP contribution in [0.1, 0.15) is 12.0 Å². The molecule has 4 heteroatoms. The number of carboxylic acid groups (broad SMARTS) is 1. The molecule has 2 aliphatic heterocycles. The van der Waals surface area contributed by atoms with Crippen LogP contribution in [0.4, 0.5) is 4.79 Å². The summed E-state index contributed by atoms with van der Waals surface area (Å²) in [7, 11) is 0. The van der Waals surface area contributed by atoms with Gasteiger partial charge in [-0.1, -0.05) is 42.5 Å². The van der Waals surface area contributed by atoms with Gasteiger partial charge in [-0.2, -0.15) is 0 Å². The Hall–Kier alpha value is -1.81. The van der Waals surface area contributed by atoms with Crippen LogP contribution in [0.2, 0.25) is 0 Å². The molecule has 19 heavy (non-hydrogen) atoms. The van der Waals surface area contributed by atoms with Gasteiger partial charge < -0.3 is 5.11 Å². The zero-order chi connectivity index (χ0) is 13.4. The first-order valence-electron chi connectivity index (χ1n) is 6.60. The van der Waals surface area contributed by atoms with E-state index in [1.807, 2.05) is 18.2 Å². The van der Waals surface area contributed by atoms with Crippen LogP contribution >= 0.6 is 0 Å². The lowest BCUT2D eigenvalue weighted by Gasteiger charge is -2.39. The Morgan fingerprint density at radius 2 is 2.05 bits per heavy atom. The van der Waals surface area contributed by atoms with Gasteiger partial charge in [0.15, 0.2) is 0 Å². The minimum atomic E-state index is -0.812. The third-order valence-corrected chi connectivity index (χ3v) is 4.07. The van der Waals surface area contributed by atoms with Crippen LogP contribution in [-0.4, -0.2) is 46.2 Å². The molecule has 2 fully saturated rings. The van der Waals surface area contributed by atoms with E-state index in [1.165, 1.54) is 5.56 Å². The van der Waals surface area contributed by atoms with Gasteiger partial charge in [-0.15, -0.1) is 0 Å². The summed E-state index contributed by atoms with van der Waals surface area (Å²) in [5.74, 6) is 0. The number of hydrogen-bond donors (Lipinski definition) is 1. The van der Waals surface area contributed by atoms with Gasteiger partial charge in [-0.25, -0.2) is 4.79 Å². The van der Waals surface area contributed by atoms with Crippen molar-refractivity contribution in [2.75, 3.05) is 13.1 Å². The highest BCUT2D eigenvalue weighted by Gasteiger charge is 2.44. The fourth-order valence-electron chi connectivity index (χ4n) is 3.24.